The molecule has 1 aromatic heterocycles. The van der Waals surface area contributed by atoms with Crippen LogP contribution in [-0.2, 0) is 14.8 Å². The Bertz CT molecular complexity index is 545. The molecule has 2 N–H and O–H groups in total. The molecule has 1 fully saturated rings. The normalized spacial score (nSPS) is 17.9. The molecular weight excluding hydrogens is 270 g/mol. The lowest BCUT2D eigenvalue weighted by Gasteiger charge is -2.10. The second-order valence-corrected chi connectivity index (χ2v) is 6.05. The molecule has 6 nitrogen and oxygen atoms in total. The zero-order valence-electron chi connectivity index (χ0n) is 8.64. The van der Waals surface area contributed by atoms with Gasteiger partial charge in [-0.3, -0.25) is 4.79 Å². The van der Waals surface area contributed by atoms with Gasteiger partial charge in [-0.05, 0) is 30.5 Å². The van der Waals surface area contributed by atoms with Gasteiger partial charge in [-0.15, -0.1) is 0 Å². The molecule has 8 heteroatoms. The van der Waals surface area contributed by atoms with Gasteiger partial charge in [0.1, 0.15) is 4.90 Å². The number of hydrogen-bond acceptors (Lipinski definition) is 4. The number of carboxylic acid groups (broad SMARTS) is 1. The van der Waals surface area contributed by atoms with Gasteiger partial charge < -0.3 is 9.52 Å². The van der Waals surface area contributed by atoms with Crippen molar-refractivity contribution in [3.8, 4) is 0 Å². The van der Waals surface area contributed by atoms with Gasteiger partial charge in [-0.25, -0.2) is 13.1 Å². The Morgan fingerprint density at radius 2 is 2.24 bits per heavy atom. The van der Waals surface area contributed by atoms with Crippen LogP contribution in [0.4, 0.5) is 0 Å². The van der Waals surface area contributed by atoms with Gasteiger partial charge in [0.05, 0.1) is 11.7 Å². The highest BCUT2D eigenvalue weighted by atomic mass is 35.5. The van der Waals surface area contributed by atoms with Crippen LogP contribution in [0.1, 0.15) is 12.8 Å². The summed E-state index contributed by atoms with van der Waals surface area (Å²) in [7, 11) is -3.81. The van der Waals surface area contributed by atoms with E-state index in [0.29, 0.717) is 12.8 Å². The van der Waals surface area contributed by atoms with Gasteiger partial charge in [0.15, 0.2) is 0 Å². The fourth-order valence-corrected chi connectivity index (χ4v) is 2.94. The summed E-state index contributed by atoms with van der Waals surface area (Å²) in [5.74, 6) is -0.988. The minimum Gasteiger partial charge on any atom is -0.481 e. The van der Waals surface area contributed by atoms with E-state index in [1.807, 2.05) is 0 Å². The van der Waals surface area contributed by atoms with Crippen molar-refractivity contribution in [3.63, 3.8) is 0 Å². The van der Waals surface area contributed by atoms with Crippen molar-refractivity contribution in [2.24, 2.45) is 5.41 Å². The summed E-state index contributed by atoms with van der Waals surface area (Å²) >= 11 is 5.55. The third-order valence-electron chi connectivity index (χ3n) is 2.78. The first kappa shape index (κ1) is 12.4. The van der Waals surface area contributed by atoms with Crippen molar-refractivity contribution in [2.75, 3.05) is 6.54 Å². The van der Waals surface area contributed by atoms with Gasteiger partial charge in [0.2, 0.25) is 15.2 Å². The zero-order valence-corrected chi connectivity index (χ0v) is 10.2. The molecular formula is C9H10ClNO5S. The second-order valence-electron chi connectivity index (χ2n) is 3.97. The van der Waals surface area contributed by atoms with E-state index in [1.54, 1.807) is 0 Å². The first-order valence-electron chi connectivity index (χ1n) is 4.83. The molecule has 1 saturated carbocycles. The SMILES string of the molecule is O=C(O)C1(CNS(=O)(=O)c2ccoc2Cl)CC1. The molecule has 0 aromatic carbocycles. The molecule has 1 aliphatic rings. The monoisotopic (exact) mass is 279 g/mol. The van der Waals surface area contributed by atoms with E-state index < -0.39 is 21.4 Å². The van der Waals surface area contributed by atoms with Gasteiger partial charge in [-0.2, -0.15) is 0 Å². The van der Waals surface area contributed by atoms with Crippen molar-refractivity contribution >= 4 is 27.6 Å². The summed E-state index contributed by atoms with van der Waals surface area (Å²) < 4.78 is 30.4. The molecule has 0 saturated heterocycles. The summed E-state index contributed by atoms with van der Waals surface area (Å²) in [6, 6.07) is 1.21. The first-order chi connectivity index (χ1) is 7.87. The summed E-state index contributed by atoms with van der Waals surface area (Å²) in [5, 5.41) is 8.67. The average Bonchev–Trinajstić information content (AvgIpc) is 2.92. The molecule has 0 unspecified atom stereocenters. The Morgan fingerprint density at radius 1 is 1.59 bits per heavy atom. The Balaban J connectivity index is 2.10. The molecule has 0 bridgehead atoms. The van der Waals surface area contributed by atoms with Gasteiger partial charge in [0, 0.05) is 6.54 Å². The fraction of sp³-hybridized carbons (Fsp3) is 0.444. The van der Waals surface area contributed by atoms with Crippen LogP contribution in [0.15, 0.2) is 21.6 Å². The number of furan rings is 1. The Hall–Kier alpha value is -1.05. The highest BCUT2D eigenvalue weighted by Crippen LogP contribution is 2.45. The van der Waals surface area contributed by atoms with Crippen molar-refractivity contribution in [2.45, 2.75) is 17.7 Å². The summed E-state index contributed by atoms with van der Waals surface area (Å²) in [5.41, 5.74) is -0.955. The molecule has 17 heavy (non-hydrogen) atoms. The van der Waals surface area contributed by atoms with Crippen LogP contribution in [-0.4, -0.2) is 26.0 Å². The van der Waals surface area contributed by atoms with E-state index >= 15 is 0 Å². The summed E-state index contributed by atoms with van der Waals surface area (Å²) in [6.45, 7) is -0.133. The Labute approximate surface area is 103 Å². The van der Waals surface area contributed by atoms with E-state index in [2.05, 4.69) is 9.14 Å². The van der Waals surface area contributed by atoms with Crippen LogP contribution in [0.3, 0.4) is 0 Å². The van der Waals surface area contributed by atoms with Crippen LogP contribution < -0.4 is 4.72 Å². The smallest absolute Gasteiger partial charge is 0.310 e. The lowest BCUT2D eigenvalue weighted by Crippen LogP contribution is -2.34. The minimum atomic E-state index is -3.81. The molecule has 1 heterocycles. The number of rotatable bonds is 5. The van der Waals surface area contributed by atoms with Crippen LogP contribution in [0, 0.1) is 5.41 Å². The fourth-order valence-electron chi connectivity index (χ4n) is 1.40. The van der Waals surface area contributed by atoms with Gasteiger partial charge in [0.25, 0.3) is 0 Å². The Kier molecular flexibility index (Phi) is 2.92. The lowest BCUT2D eigenvalue weighted by molar-refractivity contribution is -0.143. The lowest BCUT2D eigenvalue weighted by atomic mass is 10.1. The van der Waals surface area contributed by atoms with E-state index in [4.69, 9.17) is 16.7 Å². The van der Waals surface area contributed by atoms with Crippen molar-refractivity contribution < 1.29 is 22.7 Å². The topological polar surface area (TPSA) is 96.6 Å². The molecule has 0 aliphatic heterocycles. The Morgan fingerprint density at radius 3 is 2.65 bits per heavy atom. The summed E-state index contributed by atoms with van der Waals surface area (Å²) in [6.07, 6.45) is 2.11. The van der Waals surface area contributed by atoms with E-state index in [9.17, 15) is 13.2 Å². The number of carbonyl (C=O) groups is 1. The van der Waals surface area contributed by atoms with Gasteiger partial charge >= 0.3 is 5.97 Å². The first-order valence-corrected chi connectivity index (χ1v) is 6.70. The molecule has 0 atom stereocenters. The standard InChI is InChI=1S/C9H10ClNO5S/c10-7-6(1-4-16-7)17(14,15)11-5-9(2-3-9)8(12)13/h1,4,11H,2-3,5H2,(H,12,13). The highest BCUT2D eigenvalue weighted by molar-refractivity contribution is 7.89. The predicted molar refractivity (Wildman–Crippen MR) is 58.2 cm³/mol. The number of sulfonamides is 1. The third kappa shape index (κ3) is 2.31. The summed E-state index contributed by atoms with van der Waals surface area (Å²) in [4.78, 5) is 10.7. The molecule has 94 valence electrons. The third-order valence-corrected chi connectivity index (χ3v) is 4.61. The number of nitrogens with one attached hydrogen (secondary N) is 1. The minimum absolute atomic E-state index is 0.133. The quantitative estimate of drug-likeness (QED) is 0.840. The molecule has 0 amide bonds. The van der Waals surface area contributed by atoms with Crippen molar-refractivity contribution in [1.82, 2.24) is 4.72 Å². The van der Waals surface area contributed by atoms with Crippen LogP contribution in [0.2, 0.25) is 5.22 Å². The van der Waals surface area contributed by atoms with E-state index in [1.165, 1.54) is 6.07 Å². The molecule has 2 rings (SSSR count). The number of halogens is 1. The second kappa shape index (κ2) is 4.01. The highest BCUT2D eigenvalue weighted by Gasteiger charge is 2.50. The maximum Gasteiger partial charge on any atom is 0.310 e. The largest absolute Gasteiger partial charge is 0.481 e. The number of hydrogen-bond donors (Lipinski definition) is 2. The molecule has 1 aromatic rings. The molecule has 0 spiro atoms. The van der Waals surface area contributed by atoms with E-state index in [0.717, 1.165) is 6.26 Å². The molecule has 0 radical (unpaired) electrons. The zero-order chi connectivity index (χ0) is 12.7. The van der Waals surface area contributed by atoms with Crippen LogP contribution >= 0.6 is 11.6 Å². The maximum absolute atomic E-state index is 11.8. The average molecular weight is 280 g/mol. The number of carboxylic acids is 1. The van der Waals surface area contributed by atoms with Crippen molar-refractivity contribution in [1.29, 1.82) is 0 Å². The van der Waals surface area contributed by atoms with Crippen LogP contribution in [0.5, 0.6) is 0 Å². The maximum atomic E-state index is 11.8. The number of aliphatic carboxylic acids is 1. The van der Waals surface area contributed by atoms with Gasteiger partial charge in [-0.1, -0.05) is 0 Å². The molecule has 1 aliphatic carbocycles. The van der Waals surface area contributed by atoms with E-state index in [-0.39, 0.29) is 16.7 Å². The predicted octanol–water partition coefficient (Wildman–Crippen LogP) is 1.08. The van der Waals surface area contributed by atoms with Crippen molar-refractivity contribution in [3.05, 3.63) is 17.5 Å². The van der Waals surface area contributed by atoms with Crippen LogP contribution in [0.25, 0.3) is 0 Å².